The van der Waals surface area contributed by atoms with Crippen LogP contribution in [0.15, 0.2) is 54.6 Å². The van der Waals surface area contributed by atoms with Crippen LogP contribution in [0.2, 0.25) is 0 Å². The summed E-state index contributed by atoms with van der Waals surface area (Å²) in [7, 11) is 1.84. The first kappa shape index (κ1) is 13.1. The van der Waals surface area contributed by atoms with Crippen molar-refractivity contribution < 1.29 is 4.79 Å². The fourth-order valence-corrected chi connectivity index (χ4v) is 1.84. The van der Waals surface area contributed by atoms with Crippen LogP contribution in [-0.2, 0) is 4.79 Å². The molecular formula is C16H18N2O. The van der Waals surface area contributed by atoms with Crippen molar-refractivity contribution in [2.24, 2.45) is 0 Å². The number of carbonyl (C=O) groups is 1. The third kappa shape index (κ3) is 3.35. The van der Waals surface area contributed by atoms with Crippen LogP contribution in [0.1, 0.15) is 13.3 Å². The molecule has 0 aliphatic heterocycles. The largest absolute Gasteiger partial charge is 0.289 e. The van der Waals surface area contributed by atoms with Gasteiger partial charge in [-0.3, -0.25) is 15.2 Å². The fraction of sp³-hybridized carbons (Fsp3) is 0.188. The van der Waals surface area contributed by atoms with E-state index >= 15 is 0 Å². The average molecular weight is 254 g/mol. The summed E-state index contributed by atoms with van der Waals surface area (Å²) >= 11 is 0. The lowest BCUT2D eigenvalue weighted by atomic mass is 10.1. The molecule has 1 N–H and O–H groups in total. The smallest absolute Gasteiger partial charge is 0.238 e. The van der Waals surface area contributed by atoms with Gasteiger partial charge >= 0.3 is 0 Å². The topological polar surface area (TPSA) is 32.3 Å². The Balaban J connectivity index is 2.12. The monoisotopic (exact) mass is 254 g/mol. The maximum Gasteiger partial charge on any atom is 0.238 e. The quantitative estimate of drug-likeness (QED) is 0.850. The molecule has 1 amide bonds. The van der Waals surface area contributed by atoms with Crippen molar-refractivity contribution in [3.05, 3.63) is 54.6 Å². The lowest BCUT2D eigenvalue weighted by molar-refractivity contribution is -0.120. The Morgan fingerprint density at radius 3 is 2.16 bits per heavy atom. The van der Waals surface area contributed by atoms with Crippen molar-refractivity contribution in [3.8, 4) is 11.1 Å². The van der Waals surface area contributed by atoms with Crippen molar-refractivity contribution in [2.75, 3.05) is 12.1 Å². The Morgan fingerprint density at radius 2 is 1.58 bits per heavy atom. The summed E-state index contributed by atoms with van der Waals surface area (Å²) in [4.78, 5) is 11.3. The fourth-order valence-electron chi connectivity index (χ4n) is 1.84. The molecule has 0 saturated carbocycles. The molecule has 0 aliphatic rings. The minimum atomic E-state index is 0.00892. The van der Waals surface area contributed by atoms with Gasteiger partial charge in [-0.25, -0.2) is 0 Å². The van der Waals surface area contributed by atoms with Gasteiger partial charge in [0, 0.05) is 13.5 Å². The highest BCUT2D eigenvalue weighted by Crippen LogP contribution is 2.21. The number of anilines is 1. The molecule has 0 aliphatic carbocycles. The summed E-state index contributed by atoms with van der Waals surface area (Å²) < 4.78 is 0. The Bertz CT molecular complexity index is 534. The van der Waals surface area contributed by atoms with Crippen molar-refractivity contribution >= 4 is 11.6 Å². The number of rotatable bonds is 4. The lowest BCUT2D eigenvalue weighted by Gasteiger charge is -2.20. The van der Waals surface area contributed by atoms with E-state index in [1.54, 1.807) is 5.01 Å². The molecule has 3 nitrogen and oxygen atoms in total. The molecule has 0 spiro atoms. The standard InChI is InChI=1S/C16H18N2O/c1-3-16(19)17-18(2)15-11-9-14(10-12-15)13-7-5-4-6-8-13/h4-12H,3H2,1-2H3,(H,17,19). The Morgan fingerprint density at radius 1 is 1.00 bits per heavy atom. The Hall–Kier alpha value is -2.29. The number of amides is 1. The van der Waals surface area contributed by atoms with Crippen LogP contribution in [0, 0.1) is 0 Å². The number of hydrogen-bond acceptors (Lipinski definition) is 2. The van der Waals surface area contributed by atoms with Gasteiger partial charge < -0.3 is 0 Å². The molecule has 98 valence electrons. The van der Waals surface area contributed by atoms with E-state index in [1.165, 1.54) is 11.1 Å². The second kappa shape index (κ2) is 6.05. The highest BCUT2D eigenvalue weighted by Gasteiger charge is 2.04. The molecule has 0 fully saturated rings. The number of hydrazine groups is 1. The Labute approximate surface area is 113 Å². The number of nitrogens with one attached hydrogen (secondary N) is 1. The summed E-state index contributed by atoms with van der Waals surface area (Å²) in [6, 6.07) is 18.3. The molecule has 0 unspecified atom stereocenters. The predicted molar refractivity (Wildman–Crippen MR) is 78.7 cm³/mol. The van der Waals surface area contributed by atoms with Crippen molar-refractivity contribution in [3.63, 3.8) is 0 Å². The average Bonchev–Trinajstić information content (AvgIpc) is 2.48. The minimum absolute atomic E-state index is 0.00892. The van der Waals surface area contributed by atoms with Crippen molar-refractivity contribution in [1.82, 2.24) is 5.43 Å². The van der Waals surface area contributed by atoms with E-state index < -0.39 is 0 Å². The van der Waals surface area contributed by atoms with Crippen LogP contribution < -0.4 is 10.4 Å². The predicted octanol–water partition coefficient (Wildman–Crippen LogP) is 3.23. The first-order valence-corrected chi connectivity index (χ1v) is 6.39. The van der Waals surface area contributed by atoms with Crippen LogP contribution in [0.3, 0.4) is 0 Å². The maximum atomic E-state index is 11.3. The molecule has 2 aromatic carbocycles. The molecular weight excluding hydrogens is 236 g/mol. The van der Waals surface area contributed by atoms with Gasteiger partial charge in [0.05, 0.1) is 5.69 Å². The second-order valence-electron chi connectivity index (χ2n) is 4.36. The summed E-state index contributed by atoms with van der Waals surface area (Å²) in [5.41, 5.74) is 6.11. The molecule has 3 heteroatoms. The number of benzene rings is 2. The number of nitrogens with zero attached hydrogens (tertiary/aromatic N) is 1. The van der Waals surface area contributed by atoms with Gasteiger partial charge in [0.15, 0.2) is 0 Å². The van der Waals surface area contributed by atoms with Crippen molar-refractivity contribution in [1.29, 1.82) is 0 Å². The minimum Gasteiger partial charge on any atom is -0.289 e. The zero-order valence-corrected chi connectivity index (χ0v) is 11.3. The van der Waals surface area contributed by atoms with Crippen LogP contribution in [0.25, 0.3) is 11.1 Å². The van der Waals surface area contributed by atoms with E-state index in [9.17, 15) is 4.79 Å². The van der Waals surface area contributed by atoms with E-state index in [0.717, 1.165) is 5.69 Å². The molecule has 0 heterocycles. The number of hydrogen-bond donors (Lipinski definition) is 1. The van der Waals surface area contributed by atoms with E-state index in [2.05, 4.69) is 29.7 Å². The highest BCUT2D eigenvalue weighted by molar-refractivity contribution is 5.77. The Kier molecular flexibility index (Phi) is 4.18. The van der Waals surface area contributed by atoms with Crippen LogP contribution in [0.5, 0.6) is 0 Å². The van der Waals surface area contributed by atoms with E-state index in [0.29, 0.717) is 6.42 Å². The first-order chi connectivity index (χ1) is 9.20. The van der Waals surface area contributed by atoms with E-state index in [-0.39, 0.29) is 5.91 Å². The normalized spacial score (nSPS) is 10.0. The first-order valence-electron chi connectivity index (χ1n) is 6.39. The maximum absolute atomic E-state index is 11.3. The van der Waals surface area contributed by atoms with Gasteiger partial charge in [-0.1, -0.05) is 49.4 Å². The molecule has 2 rings (SSSR count). The van der Waals surface area contributed by atoms with Gasteiger partial charge in [-0.05, 0) is 23.3 Å². The molecule has 0 saturated heterocycles. The summed E-state index contributed by atoms with van der Waals surface area (Å²) in [6.07, 6.45) is 0.479. The highest BCUT2D eigenvalue weighted by atomic mass is 16.2. The summed E-state index contributed by atoms with van der Waals surface area (Å²) in [5, 5.41) is 1.74. The van der Waals surface area contributed by atoms with Gasteiger partial charge in [0.25, 0.3) is 0 Å². The molecule has 19 heavy (non-hydrogen) atoms. The van der Waals surface area contributed by atoms with E-state index in [4.69, 9.17) is 0 Å². The third-order valence-corrected chi connectivity index (χ3v) is 2.98. The third-order valence-electron chi connectivity index (χ3n) is 2.98. The SMILES string of the molecule is CCC(=O)NN(C)c1ccc(-c2ccccc2)cc1. The van der Waals surface area contributed by atoms with Gasteiger partial charge in [-0.15, -0.1) is 0 Å². The molecule has 2 aromatic rings. The molecule has 0 radical (unpaired) electrons. The van der Waals surface area contributed by atoms with Gasteiger partial charge in [0.2, 0.25) is 5.91 Å². The summed E-state index contributed by atoms with van der Waals surface area (Å²) in [6.45, 7) is 1.83. The second-order valence-corrected chi connectivity index (χ2v) is 4.36. The van der Waals surface area contributed by atoms with Gasteiger partial charge in [0.1, 0.15) is 0 Å². The van der Waals surface area contributed by atoms with Gasteiger partial charge in [-0.2, -0.15) is 0 Å². The number of carbonyl (C=O) groups excluding carboxylic acids is 1. The van der Waals surface area contributed by atoms with Crippen LogP contribution in [-0.4, -0.2) is 13.0 Å². The molecule has 0 aromatic heterocycles. The summed E-state index contributed by atoms with van der Waals surface area (Å²) in [5.74, 6) is 0.00892. The zero-order chi connectivity index (χ0) is 13.7. The van der Waals surface area contributed by atoms with Crippen molar-refractivity contribution in [2.45, 2.75) is 13.3 Å². The lowest BCUT2D eigenvalue weighted by Crippen LogP contribution is -2.38. The van der Waals surface area contributed by atoms with E-state index in [1.807, 2.05) is 44.3 Å². The zero-order valence-electron chi connectivity index (χ0n) is 11.3. The van der Waals surface area contributed by atoms with Crippen LogP contribution in [0.4, 0.5) is 5.69 Å². The van der Waals surface area contributed by atoms with Crippen LogP contribution >= 0.6 is 0 Å². The molecule has 0 atom stereocenters. The molecule has 0 bridgehead atoms.